The maximum absolute atomic E-state index is 5.09. The molecule has 2 heterocycles. The number of hydrogen-bond donors (Lipinski definition) is 0. The van der Waals surface area contributed by atoms with Gasteiger partial charge in [-0.2, -0.15) is 0 Å². The number of benzene rings is 5. The van der Waals surface area contributed by atoms with Crippen molar-refractivity contribution < 1.29 is 0 Å². The summed E-state index contributed by atoms with van der Waals surface area (Å²) in [6, 6.07) is 44.1. The smallest absolute Gasteiger partial charge is 0.145 e. The molecule has 0 spiro atoms. The maximum atomic E-state index is 5.09. The van der Waals surface area contributed by atoms with Gasteiger partial charge in [-0.05, 0) is 79.2 Å². The second-order valence-electron chi connectivity index (χ2n) is 9.28. The Morgan fingerprint density at radius 2 is 0.846 bits per heavy atom. The molecule has 0 bridgehead atoms. The Morgan fingerprint density at radius 3 is 1.28 bits per heavy atom. The average molecular weight is 507 g/mol. The SMILES string of the molecule is CC.Cc1cc(-c2nc3ccccc3n2-c2ccccc2)cc(-c2nc3ccccc3n2-c2ccccc2)c1. The molecule has 0 aliphatic carbocycles. The van der Waals surface area contributed by atoms with E-state index in [2.05, 4.69) is 119 Å². The van der Waals surface area contributed by atoms with Gasteiger partial charge in [0.05, 0.1) is 22.1 Å². The topological polar surface area (TPSA) is 35.6 Å². The molecule has 0 N–H and O–H groups in total. The zero-order valence-corrected chi connectivity index (χ0v) is 22.4. The molecular formula is C35H30N4. The van der Waals surface area contributed by atoms with E-state index in [1.807, 2.05) is 38.1 Å². The van der Waals surface area contributed by atoms with Crippen LogP contribution in [0.15, 0.2) is 127 Å². The third kappa shape index (κ3) is 4.40. The highest BCUT2D eigenvalue weighted by atomic mass is 15.1. The largest absolute Gasteiger partial charge is 0.292 e. The number of aryl methyl sites for hydroxylation is 1. The van der Waals surface area contributed by atoms with E-state index in [0.717, 1.165) is 61.8 Å². The average Bonchev–Trinajstić information content (AvgIpc) is 3.58. The molecule has 7 rings (SSSR count). The molecule has 0 unspecified atom stereocenters. The van der Waals surface area contributed by atoms with Gasteiger partial charge in [0.2, 0.25) is 0 Å². The predicted molar refractivity (Wildman–Crippen MR) is 163 cm³/mol. The van der Waals surface area contributed by atoms with Crippen molar-refractivity contribution >= 4 is 22.1 Å². The number of rotatable bonds is 4. The number of hydrogen-bond acceptors (Lipinski definition) is 2. The van der Waals surface area contributed by atoms with Crippen LogP contribution in [0.1, 0.15) is 19.4 Å². The molecule has 5 aromatic carbocycles. The van der Waals surface area contributed by atoms with Crippen molar-refractivity contribution in [3.8, 4) is 34.2 Å². The van der Waals surface area contributed by atoms with Crippen LogP contribution in [0.2, 0.25) is 0 Å². The van der Waals surface area contributed by atoms with Gasteiger partial charge in [-0.15, -0.1) is 0 Å². The van der Waals surface area contributed by atoms with E-state index in [9.17, 15) is 0 Å². The van der Waals surface area contributed by atoms with E-state index in [-0.39, 0.29) is 0 Å². The Labute approximate surface area is 228 Å². The molecule has 0 radical (unpaired) electrons. The maximum Gasteiger partial charge on any atom is 0.145 e. The second kappa shape index (κ2) is 10.4. The zero-order valence-electron chi connectivity index (χ0n) is 22.4. The molecule has 0 saturated heterocycles. The fourth-order valence-electron chi connectivity index (χ4n) is 5.16. The first-order chi connectivity index (χ1) is 19.3. The Morgan fingerprint density at radius 1 is 0.462 bits per heavy atom. The lowest BCUT2D eigenvalue weighted by Crippen LogP contribution is -2.00. The number of imidazole rings is 2. The lowest BCUT2D eigenvalue weighted by molar-refractivity contribution is 1.09. The Bertz CT molecular complexity index is 1740. The monoisotopic (exact) mass is 506 g/mol. The highest BCUT2D eigenvalue weighted by Crippen LogP contribution is 2.34. The fraction of sp³-hybridized carbons (Fsp3) is 0.0857. The first kappa shape index (κ1) is 24.4. The van der Waals surface area contributed by atoms with E-state index in [4.69, 9.17) is 9.97 Å². The van der Waals surface area contributed by atoms with Gasteiger partial charge < -0.3 is 0 Å². The quantitative estimate of drug-likeness (QED) is 0.239. The van der Waals surface area contributed by atoms with E-state index in [1.165, 1.54) is 0 Å². The number of aromatic nitrogens is 4. The normalized spacial score (nSPS) is 10.9. The van der Waals surface area contributed by atoms with Crippen LogP contribution in [0.4, 0.5) is 0 Å². The van der Waals surface area contributed by atoms with Crippen molar-refractivity contribution in [3.05, 3.63) is 133 Å². The van der Waals surface area contributed by atoms with Crippen LogP contribution < -0.4 is 0 Å². The molecule has 39 heavy (non-hydrogen) atoms. The van der Waals surface area contributed by atoms with E-state index < -0.39 is 0 Å². The minimum absolute atomic E-state index is 0.916. The van der Waals surface area contributed by atoms with Crippen LogP contribution in [-0.4, -0.2) is 19.1 Å². The minimum Gasteiger partial charge on any atom is -0.292 e. The number of fused-ring (bicyclic) bond motifs is 2. The lowest BCUT2D eigenvalue weighted by Gasteiger charge is -2.13. The molecule has 0 amide bonds. The number of nitrogens with zero attached hydrogens (tertiary/aromatic N) is 4. The summed E-state index contributed by atoms with van der Waals surface area (Å²) >= 11 is 0. The zero-order chi connectivity index (χ0) is 26.8. The van der Waals surface area contributed by atoms with Gasteiger partial charge in [-0.25, -0.2) is 9.97 Å². The van der Waals surface area contributed by atoms with Gasteiger partial charge in [0, 0.05) is 22.5 Å². The van der Waals surface area contributed by atoms with Gasteiger partial charge in [-0.3, -0.25) is 9.13 Å². The molecular weight excluding hydrogens is 476 g/mol. The van der Waals surface area contributed by atoms with Crippen LogP contribution in [0.5, 0.6) is 0 Å². The summed E-state index contributed by atoms with van der Waals surface area (Å²) in [7, 11) is 0. The van der Waals surface area contributed by atoms with Crippen LogP contribution in [-0.2, 0) is 0 Å². The van der Waals surface area contributed by atoms with Crippen molar-refractivity contribution in [3.63, 3.8) is 0 Å². The summed E-state index contributed by atoms with van der Waals surface area (Å²) < 4.78 is 4.49. The van der Waals surface area contributed by atoms with E-state index in [0.29, 0.717) is 0 Å². The van der Waals surface area contributed by atoms with Gasteiger partial charge in [-0.1, -0.05) is 74.5 Å². The summed E-state index contributed by atoms with van der Waals surface area (Å²) in [5.74, 6) is 1.83. The first-order valence-corrected chi connectivity index (χ1v) is 13.4. The van der Waals surface area contributed by atoms with Gasteiger partial charge in [0.15, 0.2) is 0 Å². The highest BCUT2D eigenvalue weighted by Gasteiger charge is 2.18. The van der Waals surface area contributed by atoms with Crippen LogP contribution >= 0.6 is 0 Å². The predicted octanol–water partition coefficient (Wildman–Crippen LogP) is 9.03. The molecule has 0 aliphatic rings. The van der Waals surface area contributed by atoms with Crippen molar-refractivity contribution in [1.29, 1.82) is 0 Å². The van der Waals surface area contributed by atoms with Crippen LogP contribution in [0.3, 0.4) is 0 Å². The van der Waals surface area contributed by atoms with Crippen LogP contribution in [0.25, 0.3) is 56.2 Å². The molecule has 4 nitrogen and oxygen atoms in total. The van der Waals surface area contributed by atoms with Gasteiger partial charge in [0.1, 0.15) is 11.6 Å². The molecule has 0 fully saturated rings. The first-order valence-electron chi connectivity index (χ1n) is 13.4. The Kier molecular flexibility index (Phi) is 6.52. The van der Waals surface area contributed by atoms with E-state index in [1.54, 1.807) is 0 Å². The molecule has 0 aliphatic heterocycles. The molecule has 7 aromatic rings. The lowest BCUT2D eigenvalue weighted by atomic mass is 10.0. The molecule has 0 saturated carbocycles. The van der Waals surface area contributed by atoms with Gasteiger partial charge in [0.25, 0.3) is 0 Å². The summed E-state index contributed by atoms with van der Waals surface area (Å²) in [4.78, 5) is 10.2. The Balaban J connectivity index is 0.00000135. The van der Waals surface area contributed by atoms with Crippen molar-refractivity contribution in [2.24, 2.45) is 0 Å². The van der Waals surface area contributed by atoms with Crippen molar-refractivity contribution in [2.45, 2.75) is 20.8 Å². The fourth-order valence-corrected chi connectivity index (χ4v) is 5.16. The van der Waals surface area contributed by atoms with Crippen molar-refractivity contribution in [2.75, 3.05) is 0 Å². The second-order valence-corrected chi connectivity index (χ2v) is 9.28. The molecule has 190 valence electrons. The minimum atomic E-state index is 0.916. The standard InChI is InChI=1S/C33H24N4.C2H6/c1-23-20-24(32-34-28-16-8-10-18-30(28)36(32)26-12-4-2-5-13-26)22-25(21-23)33-35-29-17-9-11-19-31(29)37(33)27-14-6-3-7-15-27;1-2/h2-22H,1H3;1-2H3. The molecule has 4 heteroatoms. The van der Waals surface area contributed by atoms with Gasteiger partial charge >= 0.3 is 0 Å². The summed E-state index contributed by atoms with van der Waals surface area (Å²) in [6.07, 6.45) is 0. The Hall–Kier alpha value is -4.96. The van der Waals surface area contributed by atoms with Crippen LogP contribution in [0, 0.1) is 6.92 Å². The number of para-hydroxylation sites is 6. The molecule has 0 atom stereocenters. The van der Waals surface area contributed by atoms with Crippen molar-refractivity contribution in [1.82, 2.24) is 19.1 Å². The summed E-state index contributed by atoms with van der Waals surface area (Å²) in [5, 5.41) is 0. The van der Waals surface area contributed by atoms with E-state index >= 15 is 0 Å². The molecule has 2 aromatic heterocycles. The summed E-state index contributed by atoms with van der Waals surface area (Å²) in [5.41, 5.74) is 9.57. The summed E-state index contributed by atoms with van der Waals surface area (Å²) in [6.45, 7) is 6.14. The highest BCUT2D eigenvalue weighted by molar-refractivity contribution is 5.86. The third-order valence-electron chi connectivity index (χ3n) is 6.74. The third-order valence-corrected chi connectivity index (χ3v) is 6.74.